The van der Waals surface area contributed by atoms with Crippen LogP contribution in [0.4, 0.5) is 15.8 Å². The van der Waals surface area contributed by atoms with Crippen molar-refractivity contribution in [2.45, 2.75) is 17.1 Å². The molecule has 1 unspecified atom stereocenters. The minimum absolute atomic E-state index is 0.0177. The number of benzene rings is 5. The molecule has 5 rings (SSSR count). The van der Waals surface area contributed by atoms with Crippen molar-refractivity contribution >= 4 is 58.5 Å². The van der Waals surface area contributed by atoms with Gasteiger partial charge in [0.05, 0.1) is 0 Å². The van der Waals surface area contributed by atoms with Crippen molar-refractivity contribution in [3.05, 3.63) is 166 Å². The van der Waals surface area contributed by atoms with Crippen molar-refractivity contribution in [3.63, 3.8) is 0 Å². The summed E-state index contributed by atoms with van der Waals surface area (Å²) in [4.78, 5) is 40.5. The molecule has 0 radical (unpaired) electrons. The molecule has 1 atom stereocenters. The van der Waals surface area contributed by atoms with Crippen LogP contribution in [0.25, 0.3) is 6.08 Å². The van der Waals surface area contributed by atoms with Gasteiger partial charge in [0, 0.05) is 26.9 Å². The van der Waals surface area contributed by atoms with E-state index in [0.29, 0.717) is 27.5 Å². The Bertz CT molecular complexity index is 1870. The highest BCUT2D eigenvalue weighted by Crippen LogP contribution is 2.37. The van der Waals surface area contributed by atoms with Gasteiger partial charge in [-0.3, -0.25) is 14.4 Å². The Labute approximate surface area is 275 Å². The van der Waals surface area contributed by atoms with Gasteiger partial charge in [0.25, 0.3) is 11.8 Å². The molecule has 0 saturated heterocycles. The van der Waals surface area contributed by atoms with Gasteiger partial charge < -0.3 is 16.0 Å². The predicted octanol–water partition coefficient (Wildman–Crippen LogP) is 8.67. The summed E-state index contributed by atoms with van der Waals surface area (Å²) in [6, 6.07) is 35.9. The van der Waals surface area contributed by atoms with E-state index in [1.54, 1.807) is 60.7 Å². The van der Waals surface area contributed by atoms with Gasteiger partial charge in [-0.15, -0.1) is 11.8 Å². The number of amides is 3. The quantitative estimate of drug-likeness (QED) is 0.104. The van der Waals surface area contributed by atoms with E-state index in [0.717, 1.165) is 16.0 Å². The third-order valence-corrected chi connectivity index (χ3v) is 8.53. The Morgan fingerprint density at radius 3 is 2.04 bits per heavy atom. The van der Waals surface area contributed by atoms with Crippen LogP contribution in [0.5, 0.6) is 0 Å². The molecule has 46 heavy (non-hydrogen) atoms. The van der Waals surface area contributed by atoms with E-state index in [4.69, 9.17) is 11.6 Å². The van der Waals surface area contributed by atoms with Crippen LogP contribution in [-0.4, -0.2) is 17.7 Å². The number of halogens is 2. The molecule has 6 nitrogen and oxygen atoms in total. The summed E-state index contributed by atoms with van der Waals surface area (Å²) in [5.74, 6) is -1.65. The second-order valence-electron chi connectivity index (χ2n) is 10.3. The smallest absolute Gasteiger partial charge is 0.272 e. The van der Waals surface area contributed by atoms with E-state index in [-0.39, 0.29) is 11.6 Å². The molecule has 0 bridgehead atoms. The molecule has 0 aliphatic rings. The SMILES string of the molecule is Cc1ccc(NC(=O)C(Sc2ccc(NC(=O)/C(=C/c3ccc(F)cc3)NC(=O)c3ccccc3)cc2)c2ccccc2)cc1Cl. The number of nitrogens with one attached hydrogen (secondary N) is 3. The molecule has 3 N–H and O–H groups in total. The molecule has 5 aromatic rings. The van der Waals surface area contributed by atoms with E-state index in [9.17, 15) is 18.8 Å². The second-order valence-corrected chi connectivity index (χ2v) is 11.9. The van der Waals surface area contributed by atoms with Crippen LogP contribution in [0, 0.1) is 12.7 Å². The summed E-state index contributed by atoms with van der Waals surface area (Å²) in [6.45, 7) is 1.89. The van der Waals surface area contributed by atoms with Crippen molar-refractivity contribution in [2.75, 3.05) is 10.6 Å². The van der Waals surface area contributed by atoms with Crippen LogP contribution in [0.1, 0.15) is 32.3 Å². The molecule has 230 valence electrons. The first-order chi connectivity index (χ1) is 22.2. The first-order valence-corrected chi connectivity index (χ1v) is 15.5. The van der Waals surface area contributed by atoms with Crippen molar-refractivity contribution < 1.29 is 18.8 Å². The van der Waals surface area contributed by atoms with Crippen molar-refractivity contribution in [2.24, 2.45) is 0 Å². The molecule has 0 spiro atoms. The number of rotatable bonds is 10. The Hall–Kier alpha value is -5.18. The molecule has 9 heteroatoms. The zero-order valence-corrected chi connectivity index (χ0v) is 26.2. The Balaban J connectivity index is 1.32. The lowest BCUT2D eigenvalue weighted by Crippen LogP contribution is -2.30. The van der Waals surface area contributed by atoms with E-state index < -0.39 is 22.9 Å². The fourth-order valence-electron chi connectivity index (χ4n) is 4.40. The third-order valence-electron chi connectivity index (χ3n) is 6.86. The van der Waals surface area contributed by atoms with Gasteiger partial charge in [0.1, 0.15) is 16.8 Å². The molecule has 0 saturated carbocycles. The normalized spacial score (nSPS) is 11.8. The maximum Gasteiger partial charge on any atom is 0.272 e. The van der Waals surface area contributed by atoms with Crippen LogP contribution >= 0.6 is 23.4 Å². The van der Waals surface area contributed by atoms with Crippen LogP contribution in [0.3, 0.4) is 0 Å². The van der Waals surface area contributed by atoms with Gasteiger partial charge in [-0.2, -0.15) is 0 Å². The first-order valence-electron chi connectivity index (χ1n) is 14.3. The number of carbonyl (C=O) groups is 3. The molecule has 0 aliphatic carbocycles. The number of hydrogen-bond donors (Lipinski definition) is 3. The highest BCUT2D eigenvalue weighted by atomic mass is 35.5. The Morgan fingerprint density at radius 1 is 0.761 bits per heavy atom. The number of thioether (sulfide) groups is 1. The van der Waals surface area contributed by atoms with Crippen LogP contribution in [0.15, 0.2) is 138 Å². The van der Waals surface area contributed by atoms with Crippen molar-refractivity contribution in [3.8, 4) is 0 Å². The standard InChI is InChI=1S/C37H29ClFN3O3S/c1-24-12-17-30(23-32(24)38)41-37(45)34(26-8-4-2-5-9-26)46-31-20-18-29(19-21-31)40-36(44)33(22-25-13-15-28(39)16-14-25)42-35(43)27-10-6-3-7-11-27/h2-23,34H,1H3,(H,40,44)(H,41,45)(H,42,43)/b33-22-. The van der Waals surface area contributed by atoms with Crippen LogP contribution in [-0.2, 0) is 9.59 Å². The van der Waals surface area contributed by atoms with E-state index in [2.05, 4.69) is 16.0 Å². The number of anilines is 2. The molecular weight excluding hydrogens is 621 g/mol. The highest BCUT2D eigenvalue weighted by molar-refractivity contribution is 8.00. The highest BCUT2D eigenvalue weighted by Gasteiger charge is 2.23. The lowest BCUT2D eigenvalue weighted by atomic mass is 10.1. The number of aryl methyl sites for hydroxylation is 1. The Kier molecular flexibility index (Phi) is 10.7. The van der Waals surface area contributed by atoms with Gasteiger partial charge in [-0.05, 0) is 90.4 Å². The molecule has 0 fully saturated rings. The van der Waals surface area contributed by atoms with Crippen molar-refractivity contribution in [1.82, 2.24) is 5.32 Å². The van der Waals surface area contributed by atoms with Gasteiger partial charge in [0.15, 0.2) is 0 Å². The molecule has 5 aromatic carbocycles. The van der Waals surface area contributed by atoms with E-state index >= 15 is 0 Å². The zero-order chi connectivity index (χ0) is 32.5. The van der Waals surface area contributed by atoms with Gasteiger partial charge >= 0.3 is 0 Å². The molecular formula is C37H29ClFN3O3S. The topological polar surface area (TPSA) is 87.3 Å². The third kappa shape index (κ3) is 8.72. The molecule has 0 heterocycles. The van der Waals surface area contributed by atoms with E-state index in [1.807, 2.05) is 49.4 Å². The number of carbonyl (C=O) groups excluding carboxylic acids is 3. The average Bonchev–Trinajstić information content (AvgIpc) is 3.07. The Morgan fingerprint density at radius 2 is 1.39 bits per heavy atom. The lowest BCUT2D eigenvalue weighted by molar-refractivity contribution is -0.116. The van der Waals surface area contributed by atoms with Gasteiger partial charge in [-0.25, -0.2) is 4.39 Å². The fourth-order valence-corrected chi connectivity index (χ4v) is 5.60. The first kappa shape index (κ1) is 32.2. The number of hydrogen-bond acceptors (Lipinski definition) is 4. The molecule has 0 aromatic heterocycles. The second kappa shape index (κ2) is 15.2. The summed E-state index contributed by atoms with van der Waals surface area (Å²) < 4.78 is 13.5. The molecule has 3 amide bonds. The summed E-state index contributed by atoms with van der Waals surface area (Å²) in [6.07, 6.45) is 1.48. The monoisotopic (exact) mass is 649 g/mol. The van der Waals surface area contributed by atoms with Crippen molar-refractivity contribution in [1.29, 1.82) is 0 Å². The molecule has 0 aliphatic heterocycles. The minimum atomic E-state index is -0.569. The maximum atomic E-state index is 13.5. The predicted molar refractivity (Wildman–Crippen MR) is 183 cm³/mol. The fraction of sp³-hybridized carbons (Fsp3) is 0.0541. The summed E-state index contributed by atoms with van der Waals surface area (Å²) >= 11 is 7.63. The van der Waals surface area contributed by atoms with Crippen LogP contribution in [0.2, 0.25) is 5.02 Å². The maximum absolute atomic E-state index is 13.5. The lowest BCUT2D eigenvalue weighted by Gasteiger charge is -2.18. The average molecular weight is 650 g/mol. The summed E-state index contributed by atoms with van der Waals surface area (Å²) in [5, 5.41) is 8.44. The van der Waals surface area contributed by atoms with Gasteiger partial charge in [-0.1, -0.05) is 78.3 Å². The minimum Gasteiger partial charge on any atom is -0.325 e. The van der Waals surface area contributed by atoms with Crippen LogP contribution < -0.4 is 16.0 Å². The summed E-state index contributed by atoms with van der Waals surface area (Å²) in [7, 11) is 0. The zero-order valence-electron chi connectivity index (χ0n) is 24.7. The summed E-state index contributed by atoms with van der Waals surface area (Å²) in [5.41, 5.74) is 3.71. The largest absolute Gasteiger partial charge is 0.325 e. The van der Waals surface area contributed by atoms with E-state index in [1.165, 1.54) is 42.1 Å². The van der Waals surface area contributed by atoms with Gasteiger partial charge in [0.2, 0.25) is 5.91 Å².